The summed E-state index contributed by atoms with van der Waals surface area (Å²) >= 11 is 0. The molecule has 134 valence electrons. The number of carboxylic acids is 1. The van der Waals surface area contributed by atoms with Crippen LogP contribution in [0.2, 0.25) is 0 Å². The van der Waals surface area contributed by atoms with E-state index in [0.29, 0.717) is 18.4 Å². The van der Waals surface area contributed by atoms with Gasteiger partial charge in [0, 0.05) is 19.6 Å². The van der Waals surface area contributed by atoms with Crippen molar-refractivity contribution < 1.29 is 23.1 Å². The number of carbonyl (C=O) groups is 1. The Morgan fingerprint density at radius 1 is 1.09 bits per heavy atom. The van der Waals surface area contributed by atoms with Crippen molar-refractivity contribution in [3.05, 3.63) is 0 Å². The fourth-order valence-electron chi connectivity index (χ4n) is 4.19. The maximum absolute atomic E-state index is 13.0. The number of nitrogens with zero attached hydrogens (tertiary/aromatic N) is 1. The Kier molecular flexibility index (Phi) is 5.34. The van der Waals surface area contributed by atoms with Gasteiger partial charge in [-0.1, -0.05) is 20.8 Å². The minimum atomic E-state index is -4.43. The lowest BCUT2D eigenvalue weighted by Crippen LogP contribution is -2.34. The normalized spacial score (nSPS) is 33.8. The van der Waals surface area contributed by atoms with E-state index in [0.717, 1.165) is 25.7 Å². The number of hydrogen-bond acceptors (Lipinski definition) is 2. The summed E-state index contributed by atoms with van der Waals surface area (Å²) in [5, 5.41) is 9.07. The number of hydrogen-bond donors (Lipinski definition) is 1. The third kappa shape index (κ3) is 4.61. The fraction of sp³-hybridized carbons (Fsp3) is 0.941. The van der Waals surface area contributed by atoms with Crippen LogP contribution in [-0.4, -0.2) is 41.8 Å². The molecule has 2 atom stereocenters. The number of alkyl halides is 3. The molecular formula is C17H28F3NO2. The molecule has 1 N–H and O–H groups in total. The third-order valence-corrected chi connectivity index (χ3v) is 5.72. The van der Waals surface area contributed by atoms with Crippen LogP contribution in [0.3, 0.4) is 0 Å². The number of aliphatic carboxylic acids is 1. The summed E-state index contributed by atoms with van der Waals surface area (Å²) < 4.78 is 39.0. The second-order valence-corrected chi connectivity index (χ2v) is 8.40. The molecule has 1 saturated heterocycles. The molecule has 1 aliphatic heterocycles. The van der Waals surface area contributed by atoms with Gasteiger partial charge in [0.05, 0.1) is 11.8 Å². The van der Waals surface area contributed by atoms with Gasteiger partial charge < -0.3 is 10.0 Å². The van der Waals surface area contributed by atoms with Crippen LogP contribution < -0.4 is 0 Å². The summed E-state index contributed by atoms with van der Waals surface area (Å²) in [4.78, 5) is 12.8. The second kappa shape index (κ2) is 6.61. The highest BCUT2D eigenvalue weighted by Gasteiger charge is 2.52. The van der Waals surface area contributed by atoms with E-state index >= 15 is 0 Å². The minimum absolute atomic E-state index is 0.0265. The van der Waals surface area contributed by atoms with E-state index in [-0.39, 0.29) is 18.5 Å². The molecule has 2 aliphatic rings. The standard InChI is InChI=1S/C17H28F3NO2/c1-16(2,3)12-6-4-11(5-7-12)8-21-9-13(15(22)23)14(10-21)17(18,19)20/h11-14H,4-10H2,1-3H3,(H,22,23)/t11?,12?,13-,14-/m1/s1. The number of likely N-dealkylation sites (tertiary alicyclic amines) is 1. The summed E-state index contributed by atoms with van der Waals surface area (Å²) in [5.74, 6) is -3.31. The highest BCUT2D eigenvalue weighted by atomic mass is 19.4. The predicted octanol–water partition coefficient (Wildman–Crippen LogP) is 4.03. The van der Waals surface area contributed by atoms with E-state index in [9.17, 15) is 18.0 Å². The zero-order chi connectivity index (χ0) is 17.4. The second-order valence-electron chi connectivity index (χ2n) is 8.40. The smallest absolute Gasteiger partial charge is 0.393 e. The van der Waals surface area contributed by atoms with Crippen molar-refractivity contribution in [2.75, 3.05) is 19.6 Å². The summed E-state index contributed by atoms with van der Waals surface area (Å²) in [6.07, 6.45) is -0.123. The molecule has 1 saturated carbocycles. The van der Waals surface area contributed by atoms with Crippen LogP contribution in [0.5, 0.6) is 0 Å². The Labute approximate surface area is 136 Å². The van der Waals surface area contributed by atoms with Crippen molar-refractivity contribution >= 4 is 5.97 Å². The van der Waals surface area contributed by atoms with Gasteiger partial charge in [0.15, 0.2) is 0 Å². The molecule has 0 aromatic rings. The molecular weight excluding hydrogens is 307 g/mol. The van der Waals surface area contributed by atoms with Gasteiger partial charge in [-0.2, -0.15) is 13.2 Å². The zero-order valence-corrected chi connectivity index (χ0v) is 14.2. The quantitative estimate of drug-likeness (QED) is 0.846. The molecule has 0 bridgehead atoms. The van der Waals surface area contributed by atoms with E-state index < -0.39 is 24.0 Å². The van der Waals surface area contributed by atoms with Crippen LogP contribution in [0.4, 0.5) is 13.2 Å². The van der Waals surface area contributed by atoms with Crippen molar-refractivity contribution in [3.63, 3.8) is 0 Å². The van der Waals surface area contributed by atoms with E-state index in [4.69, 9.17) is 5.11 Å². The fourth-order valence-corrected chi connectivity index (χ4v) is 4.19. The van der Waals surface area contributed by atoms with Crippen molar-refractivity contribution in [1.29, 1.82) is 0 Å². The lowest BCUT2D eigenvalue weighted by molar-refractivity contribution is -0.188. The van der Waals surface area contributed by atoms with Gasteiger partial charge in [-0.15, -0.1) is 0 Å². The minimum Gasteiger partial charge on any atom is -0.481 e. The average molecular weight is 335 g/mol. The van der Waals surface area contributed by atoms with Crippen molar-refractivity contribution in [2.45, 2.75) is 52.6 Å². The van der Waals surface area contributed by atoms with Gasteiger partial charge in [0.25, 0.3) is 0 Å². The molecule has 0 aromatic carbocycles. The predicted molar refractivity (Wildman–Crippen MR) is 82.0 cm³/mol. The van der Waals surface area contributed by atoms with Gasteiger partial charge in [0.1, 0.15) is 0 Å². The first-order valence-corrected chi connectivity index (χ1v) is 8.50. The van der Waals surface area contributed by atoms with E-state index in [1.807, 2.05) is 0 Å². The van der Waals surface area contributed by atoms with Gasteiger partial charge in [-0.3, -0.25) is 4.79 Å². The summed E-state index contributed by atoms with van der Waals surface area (Å²) in [5.41, 5.74) is 0.286. The SMILES string of the molecule is CC(C)(C)C1CCC(CN2C[C@@H](C(F)(F)F)[C@H](C(=O)O)C2)CC1. The molecule has 2 rings (SSSR count). The third-order valence-electron chi connectivity index (χ3n) is 5.72. The molecule has 0 aromatic heterocycles. The molecule has 0 spiro atoms. The number of carboxylic acid groups (broad SMARTS) is 1. The van der Waals surface area contributed by atoms with Crippen molar-refractivity contribution in [3.8, 4) is 0 Å². The molecule has 0 amide bonds. The first-order valence-electron chi connectivity index (χ1n) is 8.50. The highest BCUT2D eigenvalue weighted by Crippen LogP contribution is 2.42. The van der Waals surface area contributed by atoms with Crippen LogP contribution in [0.1, 0.15) is 46.5 Å². The Morgan fingerprint density at radius 3 is 2.04 bits per heavy atom. The summed E-state index contributed by atoms with van der Waals surface area (Å²) in [7, 11) is 0. The van der Waals surface area contributed by atoms with Gasteiger partial charge in [-0.25, -0.2) is 0 Å². The van der Waals surface area contributed by atoms with Gasteiger partial charge in [-0.05, 0) is 42.9 Å². The van der Waals surface area contributed by atoms with Gasteiger partial charge >= 0.3 is 12.1 Å². The van der Waals surface area contributed by atoms with Crippen LogP contribution in [0, 0.1) is 29.1 Å². The number of halogens is 3. The molecule has 0 unspecified atom stereocenters. The molecule has 23 heavy (non-hydrogen) atoms. The molecule has 2 fully saturated rings. The van der Waals surface area contributed by atoms with Crippen LogP contribution in [0.25, 0.3) is 0 Å². The average Bonchev–Trinajstić information content (AvgIpc) is 2.82. The first-order chi connectivity index (χ1) is 10.5. The van der Waals surface area contributed by atoms with Crippen LogP contribution in [0.15, 0.2) is 0 Å². The Balaban J connectivity index is 1.89. The molecule has 1 aliphatic carbocycles. The summed E-state index contributed by atoms with van der Waals surface area (Å²) in [6.45, 7) is 7.18. The van der Waals surface area contributed by atoms with Crippen molar-refractivity contribution in [1.82, 2.24) is 4.90 Å². The Hall–Kier alpha value is -0.780. The highest BCUT2D eigenvalue weighted by molar-refractivity contribution is 5.71. The molecule has 0 radical (unpaired) electrons. The Bertz CT molecular complexity index is 423. The van der Waals surface area contributed by atoms with E-state index in [1.165, 1.54) is 0 Å². The topological polar surface area (TPSA) is 40.5 Å². The monoisotopic (exact) mass is 335 g/mol. The maximum atomic E-state index is 13.0. The lowest BCUT2D eigenvalue weighted by atomic mass is 9.70. The van der Waals surface area contributed by atoms with E-state index in [2.05, 4.69) is 20.8 Å². The number of rotatable bonds is 3. The Morgan fingerprint density at radius 2 is 1.65 bits per heavy atom. The largest absolute Gasteiger partial charge is 0.481 e. The molecule has 3 nitrogen and oxygen atoms in total. The van der Waals surface area contributed by atoms with Crippen molar-refractivity contribution in [2.24, 2.45) is 29.1 Å². The first kappa shape index (κ1) is 18.6. The summed E-state index contributed by atoms with van der Waals surface area (Å²) in [6, 6.07) is 0. The lowest BCUT2D eigenvalue weighted by Gasteiger charge is -2.38. The maximum Gasteiger partial charge on any atom is 0.393 e. The van der Waals surface area contributed by atoms with Gasteiger partial charge in [0.2, 0.25) is 0 Å². The molecule has 1 heterocycles. The van der Waals surface area contributed by atoms with E-state index in [1.54, 1.807) is 4.90 Å². The van der Waals surface area contributed by atoms with Crippen LogP contribution in [-0.2, 0) is 4.79 Å². The van der Waals surface area contributed by atoms with Crippen LogP contribution >= 0.6 is 0 Å². The molecule has 6 heteroatoms. The zero-order valence-electron chi connectivity index (χ0n) is 14.2.